The molecule has 1 aliphatic rings. The van der Waals surface area contributed by atoms with Crippen molar-refractivity contribution in [2.45, 2.75) is 50.8 Å². The molecule has 0 amide bonds. The van der Waals surface area contributed by atoms with Gasteiger partial charge in [0, 0.05) is 0 Å². The predicted molar refractivity (Wildman–Crippen MR) is 68.3 cm³/mol. The van der Waals surface area contributed by atoms with Crippen molar-refractivity contribution in [1.29, 1.82) is 0 Å². The molecule has 0 aromatic rings. The summed E-state index contributed by atoms with van der Waals surface area (Å²) in [5, 5.41) is 10.5. The van der Waals surface area contributed by atoms with Gasteiger partial charge in [-0.1, -0.05) is 6.08 Å². The number of hydrogen-bond donors (Lipinski definition) is 1. The van der Waals surface area contributed by atoms with Crippen molar-refractivity contribution in [3.63, 3.8) is 0 Å². The summed E-state index contributed by atoms with van der Waals surface area (Å²) < 4.78 is 23.3. The van der Waals surface area contributed by atoms with E-state index in [4.69, 9.17) is 9.05 Å². The Balaban J connectivity index is 2.93. The molecular formula is C12H23O4P. The summed E-state index contributed by atoms with van der Waals surface area (Å²) in [6.07, 6.45) is 4.26. The van der Waals surface area contributed by atoms with Crippen LogP contribution >= 0.6 is 7.60 Å². The third-order valence-electron chi connectivity index (χ3n) is 3.21. The van der Waals surface area contributed by atoms with Gasteiger partial charge in [-0.15, -0.1) is 6.58 Å². The fraction of sp³-hybridized carbons (Fsp3) is 0.833. The van der Waals surface area contributed by atoms with E-state index in [1.54, 1.807) is 19.9 Å². The minimum Gasteiger partial charge on any atom is -0.389 e. The summed E-state index contributed by atoms with van der Waals surface area (Å²) >= 11 is 0. The van der Waals surface area contributed by atoms with Crippen LogP contribution in [0.15, 0.2) is 12.7 Å². The normalized spacial score (nSPS) is 29.5. The quantitative estimate of drug-likeness (QED) is 0.565. The Hall–Kier alpha value is -0.150. The van der Waals surface area contributed by atoms with Crippen LogP contribution in [0.5, 0.6) is 0 Å². The number of hydrogen-bond acceptors (Lipinski definition) is 4. The van der Waals surface area contributed by atoms with Gasteiger partial charge in [0.05, 0.1) is 24.5 Å². The highest BCUT2D eigenvalue weighted by atomic mass is 31.2. The van der Waals surface area contributed by atoms with Gasteiger partial charge in [0.15, 0.2) is 0 Å². The molecule has 0 aromatic heterocycles. The summed E-state index contributed by atoms with van der Waals surface area (Å²) in [7, 11) is -3.22. The molecule has 0 saturated heterocycles. The van der Waals surface area contributed by atoms with E-state index >= 15 is 0 Å². The molecule has 0 heterocycles. The van der Waals surface area contributed by atoms with Crippen LogP contribution in [0, 0.1) is 0 Å². The number of aliphatic hydroxyl groups is 1. The highest BCUT2D eigenvalue weighted by Crippen LogP contribution is 2.61. The Morgan fingerprint density at radius 2 is 2.06 bits per heavy atom. The topological polar surface area (TPSA) is 55.8 Å². The van der Waals surface area contributed by atoms with Gasteiger partial charge in [-0.3, -0.25) is 4.57 Å². The van der Waals surface area contributed by atoms with Crippen molar-refractivity contribution in [1.82, 2.24) is 0 Å². The Bertz CT molecular complexity index is 295. The molecular weight excluding hydrogens is 239 g/mol. The molecule has 1 aliphatic carbocycles. The lowest BCUT2D eigenvalue weighted by molar-refractivity contribution is 0.0429. The van der Waals surface area contributed by atoms with Gasteiger partial charge >= 0.3 is 7.60 Å². The largest absolute Gasteiger partial charge is 0.389 e. The third-order valence-corrected chi connectivity index (χ3v) is 5.94. The maximum Gasteiger partial charge on any atom is 0.336 e. The molecule has 0 unspecified atom stereocenters. The molecule has 4 nitrogen and oxygen atoms in total. The monoisotopic (exact) mass is 262 g/mol. The second-order valence-corrected chi connectivity index (χ2v) is 6.60. The summed E-state index contributed by atoms with van der Waals surface area (Å²) in [6, 6.07) is 0. The first-order valence-electron chi connectivity index (χ1n) is 6.24. The zero-order chi connectivity index (χ0) is 12.9. The Kier molecular flexibility index (Phi) is 5.39. The molecule has 1 saturated carbocycles. The van der Waals surface area contributed by atoms with E-state index in [-0.39, 0.29) is 0 Å². The van der Waals surface area contributed by atoms with Crippen LogP contribution in [0.2, 0.25) is 0 Å². The summed E-state index contributed by atoms with van der Waals surface area (Å²) in [5.74, 6) is 0. The van der Waals surface area contributed by atoms with Crippen molar-refractivity contribution in [3.05, 3.63) is 12.7 Å². The van der Waals surface area contributed by atoms with E-state index in [9.17, 15) is 9.67 Å². The maximum atomic E-state index is 12.7. The Morgan fingerprint density at radius 1 is 1.47 bits per heavy atom. The summed E-state index contributed by atoms with van der Waals surface area (Å²) in [4.78, 5) is 0. The Morgan fingerprint density at radius 3 is 2.53 bits per heavy atom. The molecule has 1 fully saturated rings. The highest BCUT2D eigenvalue weighted by molar-refractivity contribution is 7.54. The van der Waals surface area contributed by atoms with Gasteiger partial charge in [-0.05, 0) is 39.5 Å². The van der Waals surface area contributed by atoms with Gasteiger partial charge in [0.1, 0.15) is 0 Å². The molecule has 17 heavy (non-hydrogen) atoms. The fourth-order valence-electron chi connectivity index (χ4n) is 2.55. The highest BCUT2D eigenvalue weighted by Gasteiger charge is 2.52. The van der Waals surface area contributed by atoms with Crippen LogP contribution in [0.4, 0.5) is 0 Å². The first-order chi connectivity index (χ1) is 8.02. The lowest BCUT2D eigenvalue weighted by Gasteiger charge is -2.33. The van der Waals surface area contributed by atoms with Crippen LogP contribution in [0.25, 0.3) is 0 Å². The molecule has 0 spiro atoms. The van der Waals surface area contributed by atoms with Crippen molar-refractivity contribution >= 4 is 7.60 Å². The molecule has 0 radical (unpaired) electrons. The third kappa shape index (κ3) is 3.19. The van der Waals surface area contributed by atoms with Crippen LogP contribution in [0.3, 0.4) is 0 Å². The molecule has 0 bridgehead atoms. The minimum absolute atomic E-state index is 0.331. The fourth-order valence-corrected chi connectivity index (χ4v) is 5.03. The van der Waals surface area contributed by atoms with E-state index in [1.165, 1.54) is 0 Å². The van der Waals surface area contributed by atoms with Crippen molar-refractivity contribution < 1.29 is 18.7 Å². The van der Waals surface area contributed by atoms with E-state index < -0.39 is 18.9 Å². The lowest BCUT2D eigenvalue weighted by atomic mass is 9.98. The van der Waals surface area contributed by atoms with Crippen LogP contribution in [0.1, 0.15) is 39.5 Å². The van der Waals surface area contributed by atoms with Crippen LogP contribution in [-0.4, -0.2) is 29.6 Å². The SMILES string of the molecule is C=CC[C@@]1(O)CCC[C@@H]1P(=O)(OCC)OCC. The van der Waals surface area contributed by atoms with Crippen LogP contribution < -0.4 is 0 Å². The molecule has 0 aliphatic heterocycles. The molecule has 5 heteroatoms. The van der Waals surface area contributed by atoms with E-state index in [0.717, 1.165) is 6.42 Å². The molecule has 1 N–H and O–H groups in total. The van der Waals surface area contributed by atoms with Gasteiger partial charge in [-0.2, -0.15) is 0 Å². The van der Waals surface area contributed by atoms with Crippen molar-refractivity contribution in [3.8, 4) is 0 Å². The van der Waals surface area contributed by atoms with Gasteiger partial charge in [0.25, 0.3) is 0 Å². The summed E-state index contributed by atoms with van der Waals surface area (Å²) in [6.45, 7) is 7.88. The number of rotatable bonds is 7. The van der Waals surface area contributed by atoms with Crippen LogP contribution in [-0.2, 0) is 13.6 Å². The second kappa shape index (κ2) is 6.14. The molecule has 0 aromatic carbocycles. The standard InChI is InChI=1S/C12H23O4P/c1-4-9-12(13)10-7-8-11(12)17(14,15-5-2)16-6-3/h4,11,13H,1,5-10H2,2-3H3/t11-,12+/m0/s1. The molecule has 2 atom stereocenters. The average molecular weight is 262 g/mol. The van der Waals surface area contributed by atoms with Gasteiger partial charge < -0.3 is 14.2 Å². The molecule has 1 rings (SSSR count). The summed E-state index contributed by atoms with van der Waals surface area (Å²) in [5.41, 5.74) is -1.41. The maximum absolute atomic E-state index is 12.7. The first kappa shape index (κ1) is 14.9. The van der Waals surface area contributed by atoms with E-state index in [2.05, 4.69) is 6.58 Å². The smallest absolute Gasteiger partial charge is 0.336 e. The minimum atomic E-state index is -3.22. The average Bonchev–Trinajstić information content (AvgIpc) is 2.62. The molecule has 100 valence electrons. The van der Waals surface area contributed by atoms with Crippen molar-refractivity contribution in [2.75, 3.05) is 13.2 Å². The van der Waals surface area contributed by atoms with E-state index in [1.807, 2.05) is 0 Å². The zero-order valence-corrected chi connectivity index (χ0v) is 11.6. The van der Waals surface area contributed by atoms with E-state index in [0.29, 0.717) is 32.5 Å². The van der Waals surface area contributed by atoms with Crippen molar-refractivity contribution in [2.24, 2.45) is 0 Å². The predicted octanol–water partition coefficient (Wildman–Crippen LogP) is 3.11. The first-order valence-corrected chi connectivity index (χ1v) is 7.85. The lowest BCUT2D eigenvalue weighted by Crippen LogP contribution is -2.37. The second-order valence-electron chi connectivity index (χ2n) is 4.38. The Labute approximate surface area is 104 Å². The zero-order valence-electron chi connectivity index (χ0n) is 10.7. The van der Waals surface area contributed by atoms with Gasteiger partial charge in [-0.25, -0.2) is 0 Å². The van der Waals surface area contributed by atoms with Gasteiger partial charge in [0.2, 0.25) is 0 Å².